The number of aromatic nitrogens is 2. The molecule has 8 nitrogen and oxygen atoms in total. The van der Waals surface area contributed by atoms with E-state index in [0.29, 0.717) is 15.7 Å². The van der Waals surface area contributed by atoms with E-state index in [1.54, 1.807) is 18.2 Å². The van der Waals surface area contributed by atoms with Crippen molar-refractivity contribution in [3.05, 3.63) is 46.3 Å². The molecule has 2 aromatic rings. The Kier molecular flexibility index (Phi) is 2.82. The van der Waals surface area contributed by atoms with Crippen LogP contribution in [-0.4, -0.2) is 35.2 Å². The van der Waals surface area contributed by atoms with Crippen molar-refractivity contribution in [2.45, 2.75) is 0 Å². The minimum absolute atomic E-state index is 0.0402. The van der Waals surface area contributed by atoms with E-state index in [2.05, 4.69) is 5.10 Å². The Bertz CT molecular complexity index is 768. The van der Waals surface area contributed by atoms with Crippen molar-refractivity contribution in [2.75, 3.05) is 13.2 Å². The molecule has 0 aliphatic carbocycles. The van der Waals surface area contributed by atoms with E-state index in [-0.39, 0.29) is 23.3 Å². The Hall–Kier alpha value is -2.90. The highest BCUT2D eigenvalue weighted by Crippen LogP contribution is 2.10. The maximum absolute atomic E-state index is 12.1. The molecule has 0 unspecified atom stereocenters. The molecule has 1 amide bonds. The van der Waals surface area contributed by atoms with Crippen molar-refractivity contribution in [3.8, 4) is 0 Å². The van der Waals surface area contributed by atoms with E-state index in [1.165, 1.54) is 12.3 Å². The predicted octanol–water partition coefficient (Wildman–Crippen LogP) is 0.688. The van der Waals surface area contributed by atoms with Crippen molar-refractivity contribution in [1.29, 1.82) is 0 Å². The Morgan fingerprint density at radius 1 is 1.40 bits per heavy atom. The van der Waals surface area contributed by atoms with Crippen LogP contribution in [0.1, 0.15) is 5.69 Å². The van der Waals surface area contributed by atoms with Crippen LogP contribution in [0.4, 0.5) is 4.79 Å². The number of rotatable bonds is 2. The zero-order chi connectivity index (χ0) is 14.1. The number of carbonyl (C=O) groups excluding carboxylic acids is 1. The number of hydrogen-bond donors (Lipinski definition) is 0. The smallest absolute Gasteiger partial charge is 0.430 e. The maximum Gasteiger partial charge on any atom is 0.430 e. The van der Waals surface area contributed by atoms with Crippen molar-refractivity contribution < 1.29 is 14.0 Å². The molecule has 1 saturated heterocycles. The number of ether oxygens (including phenoxy) is 1. The highest BCUT2D eigenvalue weighted by molar-refractivity contribution is 5.82. The van der Waals surface area contributed by atoms with Gasteiger partial charge in [-0.2, -0.15) is 10.1 Å². The second-order valence-corrected chi connectivity index (χ2v) is 4.14. The van der Waals surface area contributed by atoms with Gasteiger partial charge in [0.05, 0.1) is 17.2 Å². The predicted molar refractivity (Wildman–Crippen MR) is 69.7 cm³/mol. The number of hydrazone groups is 1. The molecule has 1 aromatic heterocycles. The number of cyclic esters (lactones) is 1. The lowest BCUT2D eigenvalue weighted by molar-refractivity contribution is -0.464. The minimum atomic E-state index is -0.575. The average molecular weight is 274 g/mol. The molecule has 1 fully saturated rings. The standard InChI is InChI=1S/C12H10N4O4/c17-12-14(5-6-20-12)13-7-9-8-15(18)10-3-1-2-4-11(10)16(9)19/h1-4,7-8H,5-6H2/b13-7+. The summed E-state index contributed by atoms with van der Waals surface area (Å²) < 4.78 is 5.88. The van der Waals surface area contributed by atoms with E-state index in [9.17, 15) is 14.9 Å². The first-order chi connectivity index (χ1) is 9.66. The zero-order valence-electron chi connectivity index (χ0n) is 10.3. The summed E-state index contributed by atoms with van der Waals surface area (Å²) in [7, 11) is 0. The van der Waals surface area contributed by atoms with E-state index in [1.807, 2.05) is 0 Å². The van der Waals surface area contributed by atoms with Crippen molar-refractivity contribution >= 4 is 23.3 Å². The summed E-state index contributed by atoms with van der Waals surface area (Å²) in [5.74, 6) is 0. The van der Waals surface area contributed by atoms with Gasteiger partial charge in [-0.1, -0.05) is 12.1 Å². The molecule has 1 aromatic carbocycles. The van der Waals surface area contributed by atoms with Crippen LogP contribution in [0.25, 0.3) is 11.0 Å². The highest BCUT2D eigenvalue weighted by Gasteiger charge is 2.21. The lowest BCUT2D eigenvalue weighted by Gasteiger charge is -2.14. The van der Waals surface area contributed by atoms with Crippen molar-refractivity contribution in [3.63, 3.8) is 0 Å². The monoisotopic (exact) mass is 274 g/mol. The molecule has 0 radical (unpaired) electrons. The molecule has 3 rings (SSSR count). The van der Waals surface area contributed by atoms with Gasteiger partial charge in [0.1, 0.15) is 17.8 Å². The Morgan fingerprint density at radius 3 is 2.95 bits per heavy atom. The van der Waals surface area contributed by atoms with E-state index in [0.717, 1.165) is 11.2 Å². The average Bonchev–Trinajstić information content (AvgIpc) is 2.87. The summed E-state index contributed by atoms with van der Waals surface area (Å²) in [5, 5.41) is 17.0. The van der Waals surface area contributed by atoms with Gasteiger partial charge in [0.25, 0.3) is 11.7 Å². The number of fused-ring (bicyclic) bond motifs is 1. The van der Waals surface area contributed by atoms with Gasteiger partial charge in [-0.05, 0) is 6.07 Å². The van der Waals surface area contributed by atoms with Gasteiger partial charge in [0, 0.05) is 11.0 Å². The SMILES string of the molecule is O=C1OCCN1/N=C/c1c[n+](=O)c2ccccc2n1[O-]. The van der Waals surface area contributed by atoms with Gasteiger partial charge in [-0.25, -0.2) is 4.79 Å². The second kappa shape index (κ2) is 4.65. The molecule has 0 atom stereocenters. The van der Waals surface area contributed by atoms with Gasteiger partial charge >= 0.3 is 6.09 Å². The lowest BCUT2D eigenvalue weighted by Crippen LogP contribution is -2.21. The summed E-state index contributed by atoms with van der Waals surface area (Å²) in [6, 6.07) is 6.42. The summed E-state index contributed by atoms with van der Waals surface area (Å²) >= 11 is 0. The van der Waals surface area contributed by atoms with E-state index >= 15 is 0 Å². The number of benzene rings is 1. The molecule has 102 valence electrons. The fourth-order valence-electron chi connectivity index (χ4n) is 1.91. The van der Waals surface area contributed by atoms with Crippen LogP contribution in [0.5, 0.6) is 0 Å². The van der Waals surface area contributed by atoms with Crippen molar-refractivity contribution in [2.24, 2.45) is 5.10 Å². The van der Waals surface area contributed by atoms with Crippen LogP contribution in [0, 0.1) is 10.1 Å². The van der Waals surface area contributed by atoms with Crippen LogP contribution in [-0.2, 0) is 4.74 Å². The molecule has 20 heavy (non-hydrogen) atoms. The molecule has 0 saturated carbocycles. The normalized spacial score (nSPS) is 15.2. The van der Waals surface area contributed by atoms with Crippen LogP contribution >= 0.6 is 0 Å². The molecule has 1 aliphatic rings. The molecule has 1 aliphatic heterocycles. The maximum atomic E-state index is 12.1. The third kappa shape index (κ3) is 1.96. The van der Waals surface area contributed by atoms with Gasteiger partial charge in [-0.3, -0.25) is 0 Å². The largest absolute Gasteiger partial charge is 0.805 e. The summed E-state index contributed by atoms with van der Waals surface area (Å²) in [6.45, 7) is 0.575. The fourth-order valence-corrected chi connectivity index (χ4v) is 1.91. The fraction of sp³-hybridized carbons (Fsp3) is 0.167. The molecular formula is C12H10N4O4. The Morgan fingerprint density at radius 2 is 2.20 bits per heavy atom. The topological polar surface area (TPSA) is 92.9 Å². The quantitative estimate of drug-likeness (QED) is 0.594. The van der Waals surface area contributed by atoms with E-state index < -0.39 is 6.09 Å². The lowest BCUT2D eigenvalue weighted by atomic mass is 10.3. The molecule has 8 heteroatoms. The van der Waals surface area contributed by atoms with Gasteiger partial charge in [0.15, 0.2) is 0 Å². The first-order valence-corrected chi connectivity index (χ1v) is 5.89. The Balaban J connectivity index is 2.04. The van der Waals surface area contributed by atoms with Crippen LogP contribution in [0.3, 0.4) is 0 Å². The summed E-state index contributed by atoms with van der Waals surface area (Å²) in [5.41, 5.74) is 0.536. The molecule has 0 N–H and O–H groups in total. The number of amides is 1. The minimum Gasteiger partial charge on any atom is -0.805 e. The van der Waals surface area contributed by atoms with Crippen LogP contribution < -0.4 is 4.43 Å². The third-order valence-electron chi connectivity index (χ3n) is 2.89. The molecule has 0 spiro atoms. The second-order valence-electron chi connectivity index (χ2n) is 4.14. The van der Waals surface area contributed by atoms with Gasteiger partial charge in [-0.15, -0.1) is 0 Å². The number of para-hydroxylation sites is 2. The Labute approximate surface area is 112 Å². The number of nitrogens with zero attached hydrogens (tertiary/aromatic N) is 4. The summed E-state index contributed by atoms with van der Waals surface area (Å²) in [6.07, 6.45) is 1.70. The first kappa shape index (κ1) is 12.2. The zero-order valence-corrected chi connectivity index (χ0v) is 10.3. The first-order valence-electron chi connectivity index (χ1n) is 5.89. The molecule has 0 bridgehead atoms. The van der Waals surface area contributed by atoms with E-state index in [4.69, 9.17) is 4.74 Å². The van der Waals surface area contributed by atoms with Crippen LogP contribution in [0.15, 0.2) is 35.6 Å². The van der Waals surface area contributed by atoms with Gasteiger partial charge in [0.2, 0.25) is 0 Å². The highest BCUT2D eigenvalue weighted by atomic mass is 16.6. The third-order valence-corrected chi connectivity index (χ3v) is 2.89. The van der Waals surface area contributed by atoms with Crippen molar-refractivity contribution in [1.82, 2.24) is 9.74 Å². The molecule has 2 heterocycles. The number of hydrogen-bond acceptors (Lipinski definition) is 5. The van der Waals surface area contributed by atoms with Crippen LogP contribution in [0.2, 0.25) is 0 Å². The number of carbonyl (C=O) groups is 1. The molecular weight excluding hydrogens is 264 g/mol. The van der Waals surface area contributed by atoms with Gasteiger partial charge < -0.3 is 14.7 Å². The summed E-state index contributed by atoms with van der Waals surface area (Å²) in [4.78, 5) is 23.0.